The van der Waals surface area contributed by atoms with Crippen LogP contribution in [-0.2, 0) is 4.79 Å². The van der Waals surface area contributed by atoms with Gasteiger partial charge in [-0.05, 0) is 12.8 Å². The maximum atomic E-state index is 10.0. The molecule has 12 heavy (non-hydrogen) atoms. The zero-order valence-corrected chi connectivity index (χ0v) is 7.38. The van der Waals surface area contributed by atoms with Gasteiger partial charge in [-0.15, -0.1) is 0 Å². The predicted molar refractivity (Wildman–Crippen MR) is 46.9 cm³/mol. The predicted octanol–water partition coefficient (Wildman–Crippen LogP) is 0.328. The van der Waals surface area contributed by atoms with Crippen LogP contribution in [0, 0.1) is 5.41 Å². The Bertz CT molecular complexity index is 141. The van der Waals surface area contributed by atoms with Crippen LogP contribution in [0.3, 0.4) is 0 Å². The maximum absolute atomic E-state index is 10.0. The van der Waals surface area contributed by atoms with E-state index in [0.29, 0.717) is 6.54 Å². The third kappa shape index (κ3) is 2.29. The summed E-state index contributed by atoms with van der Waals surface area (Å²) in [5.41, 5.74) is 0.0724. The van der Waals surface area contributed by atoms with Gasteiger partial charge >= 0.3 is 0 Å². The number of carbonyl (C=O) groups excluding carboxylic acids is 1. The molecule has 0 spiro atoms. The van der Waals surface area contributed by atoms with Gasteiger partial charge in [0.15, 0.2) is 0 Å². The highest BCUT2D eigenvalue weighted by Gasteiger charge is 2.32. The topological polar surface area (TPSA) is 49.3 Å². The Balaban J connectivity index is 2.28. The monoisotopic (exact) mass is 171 g/mol. The molecule has 0 unspecified atom stereocenters. The summed E-state index contributed by atoms with van der Waals surface area (Å²) in [5.74, 6) is 0. The van der Waals surface area contributed by atoms with E-state index in [1.165, 1.54) is 12.8 Å². The van der Waals surface area contributed by atoms with E-state index in [1.807, 2.05) is 0 Å². The van der Waals surface area contributed by atoms with E-state index in [4.69, 9.17) is 0 Å². The van der Waals surface area contributed by atoms with Crippen molar-refractivity contribution in [3.8, 4) is 0 Å². The fourth-order valence-corrected chi connectivity index (χ4v) is 1.91. The number of nitrogens with one attached hydrogen (secondary N) is 1. The number of rotatable bonds is 5. The summed E-state index contributed by atoms with van der Waals surface area (Å²) in [7, 11) is 0. The van der Waals surface area contributed by atoms with E-state index >= 15 is 0 Å². The van der Waals surface area contributed by atoms with Crippen molar-refractivity contribution in [2.75, 3.05) is 19.7 Å². The average Bonchev–Trinajstić information content (AvgIpc) is 2.55. The minimum atomic E-state index is 0.0724. The maximum Gasteiger partial charge on any atom is 0.133 e. The minimum absolute atomic E-state index is 0.0724. The highest BCUT2D eigenvalue weighted by Crippen LogP contribution is 2.36. The molecule has 0 aromatic carbocycles. The SMILES string of the molecule is O=CCNCC1(CO)CCCC1. The molecule has 1 aliphatic carbocycles. The minimum Gasteiger partial charge on any atom is -0.396 e. The molecule has 0 aliphatic heterocycles. The zero-order chi connectivity index (χ0) is 8.86. The molecule has 0 saturated heterocycles. The molecule has 3 nitrogen and oxygen atoms in total. The van der Waals surface area contributed by atoms with Crippen molar-refractivity contribution in [1.82, 2.24) is 5.32 Å². The molecular formula is C9H17NO2. The molecular weight excluding hydrogens is 154 g/mol. The number of aliphatic hydroxyl groups is 1. The first-order valence-electron chi connectivity index (χ1n) is 4.58. The lowest BCUT2D eigenvalue weighted by Gasteiger charge is -2.26. The van der Waals surface area contributed by atoms with E-state index in [-0.39, 0.29) is 12.0 Å². The molecule has 0 heterocycles. The molecule has 0 radical (unpaired) electrons. The Hall–Kier alpha value is -0.410. The van der Waals surface area contributed by atoms with Gasteiger partial charge in [-0.25, -0.2) is 0 Å². The highest BCUT2D eigenvalue weighted by molar-refractivity contribution is 5.51. The van der Waals surface area contributed by atoms with Gasteiger partial charge in [0.25, 0.3) is 0 Å². The third-order valence-electron chi connectivity index (χ3n) is 2.73. The highest BCUT2D eigenvalue weighted by atomic mass is 16.3. The van der Waals surface area contributed by atoms with E-state index in [0.717, 1.165) is 25.7 Å². The Morgan fingerprint density at radius 2 is 2.08 bits per heavy atom. The third-order valence-corrected chi connectivity index (χ3v) is 2.73. The van der Waals surface area contributed by atoms with E-state index in [2.05, 4.69) is 5.32 Å². The van der Waals surface area contributed by atoms with Crippen molar-refractivity contribution in [3.05, 3.63) is 0 Å². The van der Waals surface area contributed by atoms with Crippen LogP contribution in [-0.4, -0.2) is 31.1 Å². The molecule has 70 valence electrons. The summed E-state index contributed by atoms with van der Waals surface area (Å²) < 4.78 is 0. The van der Waals surface area contributed by atoms with Crippen molar-refractivity contribution in [2.45, 2.75) is 25.7 Å². The van der Waals surface area contributed by atoms with Crippen LogP contribution in [0.4, 0.5) is 0 Å². The molecule has 2 N–H and O–H groups in total. The number of hydrogen-bond donors (Lipinski definition) is 2. The summed E-state index contributed by atoms with van der Waals surface area (Å²) >= 11 is 0. The summed E-state index contributed by atoms with van der Waals surface area (Å²) in [5, 5.41) is 12.2. The molecule has 1 rings (SSSR count). The lowest BCUT2D eigenvalue weighted by Crippen LogP contribution is -2.35. The first kappa shape index (κ1) is 9.68. The van der Waals surface area contributed by atoms with Crippen molar-refractivity contribution < 1.29 is 9.90 Å². The number of aliphatic hydroxyl groups excluding tert-OH is 1. The Labute approximate surface area is 73.2 Å². The summed E-state index contributed by atoms with van der Waals surface area (Å²) in [6, 6.07) is 0. The van der Waals surface area contributed by atoms with Gasteiger partial charge in [0, 0.05) is 18.6 Å². The van der Waals surface area contributed by atoms with Crippen molar-refractivity contribution in [3.63, 3.8) is 0 Å². The van der Waals surface area contributed by atoms with Crippen LogP contribution in [0.15, 0.2) is 0 Å². The smallest absolute Gasteiger partial charge is 0.133 e. The lowest BCUT2D eigenvalue weighted by molar-refractivity contribution is -0.107. The molecule has 0 aromatic rings. The molecule has 1 fully saturated rings. The van der Waals surface area contributed by atoms with Gasteiger partial charge in [-0.2, -0.15) is 0 Å². The largest absolute Gasteiger partial charge is 0.396 e. The standard InChI is InChI=1S/C9H17NO2/c11-6-5-10-7-9(8-12)3-1-2-4-9/h6,10,12H,1-5,7-8H2. The van der Waals surface area contributed by atoms with Crippen LogP contribution < -0.4 is 5.32 Å². The number of carbonyl (C=O) groups is 1. The molecule has 3 heteroatoms. The van der Waals surface area contributed by atoms with Crippen LogP contribution >= 0.6 is 0 Å². The van der Waals surface area contributed by atoms with Gasteiger partial charge in [-0.1, -0.05) is 12.8 Å². The summed E-state index contributed by atoms with van der Waals surface area (Å²) in [4.78, 5) is 10.0. The molecule has 0 aromatic heterocycles. The fourth-order valence-electron chi connectivity index (χ4n) is 1.91. The van der Waals surface area contributed by atoms with Crippen molar-refractivity contribution >= 4 is 6.29 Å². The van der Waals surface area contributed by atoms with Crippen molar-refractivity contribution in [2.24, 2.45) is 5.41 Å². The Kier molecular flexibility index (Phi) is 3.69. The second kappa shape index (κ2) is 4.58. The van der Waals surface area contributed by atoms with Crippen molar-refractivity contribution in [1.29, 1.82) is 0 Å². The first-order valence-corrected chi connectivity index (χ1v) is 4.58. The second-order valence-corrected chi connectivity index (χ2v) is 3.66. The Morgan fingerprint density at radius 1 is 1.42 bits per heavy atom. The summed E-state index contributed by atoms with van der Waals surface area (Å²) in [6.45, 7) is 1.43. The molecule has 0 bridgehead atoms. The number of hydrogen-bond acceptors (Lipinski definition) is 3. The molecule has 0 atom stereocenters. The van der Waals surface area contributed by atoms with Crippen LogP contribution in [0.25, 0.3) is 0 Å². The van der Waals surface area contributed by atoms with Crippen LogP contribution in [0.1, 0.15) is 25.7 Å². The Morgan fingerprint density at radius 3 is 2.58 bits per heavy atom. The van der Waals surface area contributed by atoms with Crippen LogP contribution in [0.5, 0.6) is 0 Å². The van der Waals surface area contributed by atoms with Gasteiger partial charge in [0.1, 0.15) is 6.29 Å². The molecule has 1 saturated carbocycles. The van der Waals surface area contributed by atoms with Gasteiger partial charge in [0.2, 0.25) is 0 Å². The van der Waals surface area contributed by atoms with Gasteiger partial charge in [0.05, 0.1) is 6.54 Å². The van der Waals surface area contributed by atoms with Crippen LogP contribution in [0.2, 0.25) is 0 Å². The molecule has 1 aliphatic rings. The normalized spacial score (nSPS) is 21.1. The van der Waals surface area contributed by atoms with E-state index in [9.17, 15) is 9.90 Å². The van der Waals surface area contributed by atoms with Gasteiger partial charge in [-0.3, -0.25) is 0 Å². The second-order valence-electron chi connectivity index (χ2n) is 3.66. The van der Waals surface area contributed by atoms with Gasteiger partial charge < -0.3 is 15.2 Å². The zero-order valence-electron chi connectivity index (χ0n) is 7.38. The van der Waals surface area contributed by atoms with E-state index in [1.54, 1.807) is 0 Å². The molecule has 0 amide bonds. The average molecular weight is 171 g/mol. The summed E-state index contributed by atoms with van der Waals surface area (Å²) in [6.07, 6.45) is 5.47. The fraction of sp³-hybridized carbons (Fsp3) is 0.889. The number of aldehydes is 1. The van der Waals surface area contributed by atoms with E-state index < -0.39 is 0 Å². The first-order chi connectivity index (χ1) is 5.83. The quantitative estimate of drug-likeness (QED) is 0.463. The lowest BCUT2D eigenvalue weighted by atomic mass is 9.87.